The van der Waals surface area contributed by atoms with Crippen LogP contribution in [0.5, 0.6) is 0 Å². The monoisotopic (exact) mass is 377 g/mol. The van der Waals surface area contributed by atoms with Crippen LogP contribution >= 0.6 is 0 Å². The van der Waals surface area contributed by atoms with Gasteiger partial charge >= 0.3 is 6.18 Å². The van der Waals surface area contributed by atoms with Crippen LogP contribution in [-0.4, -0.2) is 39.8 Å². The smallest absolute Gasteiger partial charge is 0.382 e. The van der Waals surface area contributed by atoms with Crippen molar-refractivity contribution in [1.82, 2.24) is 14.8 Å². The van der Waals surface area contributed by atoms with Gasteiger partial charge in [-0.25, -0.2) is 18.1 Å². The van der Waals surface area contributed by atoms with Crippen molar-refractivity contribution in [1.29, 1.82) is 0 Å². The Morgan fingerprint density at radius 3 is 2.16 bits per heavy atom. The highest BCUT2D eigenvalue weighted by Gasteiger charge is 2.44. The van der Waals surface area contributed by atoms with Crippen molar-refractivity contribution in [3.05, 3.63) is 48.0 Å². The third-order valence-electron chi connectivity index (χ3n) is 4.00. The summed E-state index contributed by atoms with van der Waals surface area (Å²) < 4.78 is 63.8. The lowest BCUT2D eigenvalue weighted by Crippen LogP contribution is -2.47. The van der Waals surface area contributed by atoms with Gasteiger partial charge in [-0.2, -0.15) is 18.3 Å². The molecule has 6 nitrogen and oxygen atoms in total. The topological polar surface area (TPSA) is 85.1 Å². The van der Waals surface area contributed by atoms with Crippen molar-refractivity contribution in [3.63, 3.8) is 0 Å². The number of aliphatic hydroxyl groups is 1. The number of nitrogens with zero attached hydrogens (tertiary/aromatic N) is 3. The molecule has 0 saturated heterocycles. The summed E-state index contributed by atoms with van der Waals surface area (Å²) in [6, 6.07) is 3.81. The Hall–Kier alpha value is -1.94. The Morgan fingerprint density at radius 2 is 1.76 bits per heavy atom. The van der Waals surface area contributed by atoms with E-state index in [0.717, 1.165) is 30.5 Å². The van der Waals surface area contributed by atoms with E-state index in [1.54, 1.807) is 6.92 Å². The van der Waals surface area contributed by atoms with E-state index in [1.165, 1.54) is 17.3 Å². The number of aromatic nitrogens is 3. The molecule has 2 rings (SSSR count). The van der Waals surface area contributed by atoms with Gasteiger partial charge in [0.25, 0.3) is 0 Å². The fourth-order valence-corrected chi connectivity index (χ4v) is 4.41. The number of halogens is 3. The average Bonchev–Trinajstić information content (AvgIpc) is 2.98. The van der Waals surface area contributed by atoms with Crippen molar-refractivity contribution >= 4 is 9.84 Å². The quantitative estimate of drug-likeness (QED) is 0.832. The fraction of sp³-hybridized carbons (Fsp3) is 0.467. The maximum absolute atomic E-state index is 12.8. The molecule has 2 aromatic rings. The van der Waals surface area contributed by atoms with Gasteiger partial charge in [-0.3, -0.25) is 0 Å². The number of alkyl halides is 3. The van der Waals surface area contributed by atoms with E-state index in [4.69, 9.17) is 0 Å². The number of sulfone groups is 1. The molecule has 0 radical (unpaired) electrons. The van der Waals surface area contributed by atoms with E-state index in [-0.39, 0.29) is 18.5 Å². The van der Waals surface area contributed by atoms with Gasteiger partial charge in [0, 0.05) is 6.26 Å². The molecule has 0 bridgehead atoms. The van der Waals surface area contributed by atoms with Gasteiger partial charge in [-0.05, 0) is 24.1 Å². The molecule has 0 fully saturated rings. The van der Waals surface area contributed by atoms with E-state index in [1.807, 2.05) is 0 Å². The zero-order chi connectivity index (χ0) is 18.9. The molecular weight excluding hydrogens is 359 g/mol. The third kappa shape index (κ3) is 4.18. The summed E-state index contributed by atoms with van der Waals surface area (Å²) in [5.74, 6) is 0. The Labute approximate surface area is 143 Å². The molecule has 0 amide bonds. The predicted molar refractivity (Wildman–Crippen MR) is 84.3 cm³/mol. The summed E-state index contributed by atoms with van der Waals surface area (Å²) in [5.41, 5.74) is -2.78. The first kappa shape index (κ1) is 19.4. The standard InChI is InChI=1S/C15H18F3N3O3S/c1-3-13(25(2,23)24)14(22,8-21-10-19-9-20-21)11-4-6-12(7-5-11)15(16,17)18/h4-7,9-10,13,22H,3,8H2,1-2H3. The Bertz CT molecular complexity index is 805. The molecule has 2 atom stereocenters. The molecule has 0 saturated carbocycles. The minimum absolute atomic E-state index is 0.0632. The molecule has 10 heteroatoms. The largest absolute Gasteiger partial charge is 0.416 e. The Kier molecular flexibility index (Phi) is 5.24. The van der Waals surface area contributed by atoms with Crippen molar-refractivity contribution in [2.75, 3.05) is 6.26 Å². The Morgan fingerprint density at radius 1 is 1.20 bits per heavy atom. The molecule has 25 heavy (non-hydrogen) atoms. The molecule has 0 aliphatic rings. The van der Waals surface area contributed by atoms with Crippen molar-refractivity contribution in [2.45, 2.75) is 36.9 Å². The number of hydrogen-bond acceptors (Lipinski definition) is 5. The molecule has 138 valence electrons. The predicted octanol–water partition coefficient (Wildman–Crippen LogP) is 2.01. The second-order valence-corrected chi connectivity index (χ2v) is 8.05. The molecule has 1 aromatic heterocycles. The average molecular weight is 377 g/mol. The lowest BCUT2D eigenvalue weighted by atomic mass is 9.88. The molecule has 0 spiro atoms. The molecule has 1 heterocycles. The number of rotatable bonds is 6. The van der Waals surface area contributed by atoms with Gasteiger partial charge in [-0.1, -0.05) is 19.1 Å². The SMILES string of the molecule is CCC(C(O)(Cn1cncn1)c1ccc(C(F)(F)F)cc1)S(C)(=O)=O. The van der Waals surface area contributed by atoms with Gasteiger partial charge in [0.2, 0.25) is 0 Å². The zero-order valence-corrected chi connectivity index (χ0v) is 14.4. The first-order valence-corrected chi connectivity index (χ1v) is 9.35. The van der Waals surface area contributed by atoms with Gasteiger partial charge in [0.05, 0.1) is 17.4 Å². The van der Waals surface area contributed by atoms with E-state index in [9.17, 15) is 26.7 Å². The summed E-state index contributed by atoms with van der Waals surface area (Å²) >= 11 is 0. The highest BCUT2D eigenvalue weighted by molar-refractivity contribution is 7.91. The molecule has 0 aliphatic carbocycles. The number of hydrogen-bond donors (Lipinski definition) is 1. The van der Waals surface area contributed by atoms with E-state index < -0.39 is 32.4 Å². The van der Waals surface area contributed by atoms with Gasteiger partial charge in [-0.15, -0.1) is 0 Å². The van der Waals surface area contributed by atoms with Crippen LogP contribution in [0.3, 0.4) is 0 Å². The van der Waals surface area contributed by atoms with E-state index >= 15 is 0 Å². The van der Waals surface area contributed by atoms with Crippen molar-refractivity contribution < 1.29 is 26.7 Å². The molecular formula is C15H18F3N3O3S. The first-order chi connectivity index (χ1) is 11.5. The summed E-state index contributed by atoms with van der Waals surface area (Å²) in [5, 5.41) is 13.8. The van der Waals surface area contributed by atoms with Crippen molar-refractivity contribution in [3.8, 4) is 0 Å². The lowest BCUT2D eigenvalue weighted by molar-refractivity contribution is -0.137. The highest BCUT2D eigenvalue weighted by Crippen LogP contribution is 2.35. The van der Waals surface area contributed by atoms with Gasteiger partial charge < -0.3 is 5.11 Å². The van der Waals surface area contributed by atoms with E-state index in [2.05, 4.69) is 10.1 Å². The van der Waals surface area contributed by atoms with Gasteiger partial charge in [0.15, 0.2) is 9.84 Å². The van der Waals surface area contributed by atoms with Crippen LogP contribution in [0.15, 0.2) is 36.9 Å². The van der Waals surface area contributed by atoms with Crippen LogP contribution in [0.2, 0.25) is 0 Å². The maximum Gasteiger partial charge on any atom is 0.416 e. The Balaban J connectivity index is 2.54. The van der Waals surface area contributed by atoms with Crippen LogP contribution in [-0.2, 0) is 28.2 Å². The van der Waals surface area contributed by atoms with Crippen LogP contribution in [0.1, 0.15) is 24.5 Å². The third-order valence-corrected chi connectivity index (χ3v) is 5.76. The second-order valence-electron chi connectivity index (χ2n) is 5.82. The van der Waals surface area contributed by atoms with E-state index in [0.29, 0.717) is 0 Å². The maximum atomic E-state index is 12.8. The molecule has 1 N–H and O–H groups in total. The van der Waals surface area contributed by atoms with Crippen LogP contribution < -0.4 is 0 Å². The zero-order valence-electron chi connectivity index (χ0n) is 13.6. The van der Waals surface area contributed by atoms with Crippen LogP contribution in [0, 0.1) is 0 Å². The normalized spacial score (nSPS) is 16.4. The summed E-state index contributed by atoms with van der Waals surface area (Å²) in [6.07, 6.45) is -0.954. The second kappa shape index (κ2) is 6.75. The summed E-state index contributed by atoms with van der Waals surface area (Å²) in [4.78, 5) is 3.74. The highest BCUT2D eigenvalue weighted by atomic mass is 32.2. The van der Waals surface area contributed by atoms with Crippen LogP contribution in [0.25, 0.3) is 0 Å². The molecule has 0 aliphatic heterocycles. The summed E-state index contributed by atoms with van der Waals surface area (Å²) in [6.45, 7) is 1.33. The van der Waals surface area contributed by atoms with Crippen molar-refractivity contribution in [2.24, 2.45) is 0 Å². The fourth-order valence-electron chi connectivity index (χ4n) is 2.88. The van der Waals surface area contributed by atoms with Gasteiger partial charge in [0.1, 0.15) is 18.3 Å². The minimum atomic E-state index is -4.52. The van der Waals surface area contributed by atoms with Crippen LogP contribution in [0.4, 0.5) is 13.2 Å². The summed E-state index contributed by atoms with van der Waals surface area (Å²) in [7, 11) is -3.70. The lowest BCUT2D eigenvalue weighted by Gasteiger charge is -2.35. The minimum Gasteiger partial charge on any atom is -0.382 e. The molecule has 2 unspecified atom stereocenters. The molecule has 1 aromatic carbocycles. The number of benzene rings is 1. The first-order valence-electron chi connectivity index (χ1n) is 7.40.